The standard InChI is InChI=1S/C21H20F3NO3/c1-12(14-4-7-18-19(10-14)28-9-8-27-18)25-20(26)17-11-16(17)13-2-5-15(6-3-13)21(22,23)24/h2-7,10,12,16-17H,8-9,11H2,1H3,(H,25,26). The lowest BCUT2D eigenvalue weighted by Crippen LogP contribution is -2.28. The number of nitrogens with one attached hydrogen (secondary N) is 1. The summed E-state index contributed by atoms with van der Waals surface area (Å²) < 4.78 is 49.1. The number of amides is 1. The second-order valence-corrected chi connectivity index (χ2v) is 7.20. The molecule has 3 atom stereocenters. The highest BCUT2D eigenvalue weighted by Crippen LogP contribution is 2.48. The summed E-state index contributed by atoms with van der Waals surface area (Å²) in [4.78, 5) is 12.5. The molecule has 2 aliphatic rings. The van der Waals surface area contributed by atoms with Crippen LogP contribution in [0.2, 0.25) is 0 Å². The van der Waals surface area contributed by atoms with E-state index in [1.54, 1.807) is 0 Å². The number of fused-ring (bicyclic) bond motifs is 1. The lowest BCUT2D eigenvalue weighted by molar-refractivity contribution is -0.137. The van der Waals surface area contributed by atoms with Crippen molar-refractivity contribution in [2.75, 3.05) is 13.2 Å². The summed E-state index contributed by atoms with van der Waals surface area (Å²) in [6.45, 7) is 2.90. The van der Waals surface area contributed by atoms with Crippen molar-refractivity contribution in [2.24, 2.45) is 5.92 Å². The third-order valence-electron chi connectivity index (χ3n) is 5.22. The topological polar surface area (TPSA) is 47.6 Å². The predicted molar refractivity (Wildman–Crippen MR) is 96.3 cm³/mol. The molecular weight excluding hydrogens is 371 g/mol. The third kappa shape index (κ3) is 3.79. The molecule has 1 amide bonds. The SMILES string of the molecule is CC(NC(=O)C1CC1c1ccc(C(F)(F)F)cc1)c1ccc2c(c1)OCCO2. The summed E-state index contributed by atoms with van der Waals surface area (Å²) in [5, 5.41) is 2.98. The van der Waals surface area contributed by atoms with Crippen molar-refractivity contribution in [3.63, 3.8) is 0 Å². The van der Waals surface area contributed by atoms with Crippen molar-refractivity contribution >= 4 is 5.91 Å². The Morgan fingerprint density at radius 3 is 2.43 bits per heavy atom. The van der Waals surface area contributed by atoms with E-state index in [4.69, 9.17) is 9.47 Å². The summed E-state index contributed by atoms with van der Waals surface area (Å²) >= 11 is 0. The molecule has 0 spiro atoms. The fourth-order valence-corrected chi connectivity index (χ4v) is 3.51. The number of alkyl halides is 3. The highest BCUT2D eigenvalue weighted by Gasteiger charge is 2.44. The summed E-state index contributed by atoms with van der Waals surface area (Å²) in [7, 11) is 0. The Balaban J connectivity index is 1.37. The Morgan fingerprint density at radius 2 is 1.75 bits per heavy atom. The molecule has 2 aromatic carbocycles. The van der Waals surface area contributed by atoms with E-state index in [0.29, 0.717) is 31.1 Å². The molecule has 4 rings (SSSR count). The molecule has 3 unspecified atom stereocenters. The highest BCUT2D eigenvalue weighted by atomic mass is 19.4. The van der Waals surface area contributed by atoms with Gasteiger partial charge >= 0.3 is 6.18 Å². The number of ether oxygens (including phenoxy) is 2. The lowest BCUT2D eigenvalue weighted by atomic mass is 10.0. The fraction of sp³-hybridized carbons (Fsp3) is 0.381. The summed E-state index contributed by atoms with van der Waals surface area (Å²) in [6.07, 6.45) is -3.71. The van der Waals surface area contributed by atoms with Crippen LogP contribution in [0.25, 0.3) is 0 Å². The predicted octanol–water partition coefficient (Wildman–Crippen LogP) is 4.46. The largest absolute Gasteiger partial charge is 0.486 e. The van der Waals surface area contributed by atoms with Gasteiger partial charge in [0.15, 0.2) is 11.5 Å². The molecule has 1 fully saturated rings. The van der Waals surface area contributed by atoms with E-state index in [1.165, 1.54) is 12.1 Å². The summed E-state index contributed by atoms with van der Waals surface area (Å²) in [6, 6.07) is 10.4. The molecule has 4 nitrogen and oxygen atoms in total. The molecule has 7 heteroatoms. The number of hydrogen-bond donors (Lipinski definition) is 1. The van der Waals surface area contributed by atoms with Gasteiger partial charge in [-0.1, -0.05) is 18.2 Å². The molecule has 28 heavy (non-hydrogen) atoms. The van der Waals surface area contributed by atoms with Gasteiger partial charge in [-0.15, -0.1) is 0 Å². The first kappa shape index (κ1) is 18.7. The minimum Gasteiger partial charge on any atom is -0.486 e. The van der Waals surface area contributed by atoms with E-state index in [-0.39, 0.29) is 23.8 Å². The first-order chi connectivity index (χ1) is 13.3. The van der Waals surface area contributed by atoms with Gasteiger partial charge in [-0.3, -0.25) is 4.79 Å². The molecule has 0 radical (unpaired) electrons. The van der Waals surface area contributed by atoms with Gasteiger partial charge in [0.2, 0.25) is 5.91 Å². The Kier molecular flexibility index (Phi) is 4.69. The van der Waals surface area contributed by atoms with E-state index < -0.39 is 11.7 Å². The van der Waals surface area contributed by atoms with Crippen LogP contribution in [-0.4, -0.2) is 19.1 Å². The normalized spacial score (nSPS) is 21.7. The molecule has 1 N–H and O–H groups in total. The first-order valence-corrected chi connectivity index (χ1v) is 9.20. The average molecular weight is 391 g/mol. The Hall–Kier alpha value is -2.70. The van der Waals surface area contributed by atoms with Crippen LogP contribution < -0.4 is 14.8 Å². The van der Waals surface area contributed by atoms with Crippen LogP contribution >= 0.6 is 0 Å². The van der Waals surface area contributed by atoms with Gasteiger partial charge < -0.3 is 14.8 Å². The Bertz CT molecular complexity index is 879. The van der Waals surface area contributed by atoms with E-state index in [9.17, 15) is 18.0 Å². The maximum absolute atomic E-state index is 12.7. The van der Waals surface area contributed by atoms with Crippen molar-refractivity contribution in [1.29, 1.82) is 0 Å². The van der Waals surface area contributed by atoms with Crippen molar-refractivity contribution in [3.8, 4) is 11.5 Å². The molecule has 1 saturated carbocycles. The maximum atomic E-state index is 12.7. The van der Waals surface area contributed by atoms with E-state index in [2.05, 4.69) is 5.32 Å². The van der Waals surface area contributed by atoms with Crippen LogP contribution in [-0.2, 0) is 11.0 Å². The van der Waals surface area contributed by atoms with Crippen LogP contribution in [0.3, 0.4) is 0 Å². The third-order valence-corrected chi connectivity index (χ3v) is 5.22. The molecule has 2 aromatic rings. The zero-order valence-electron chi connectivity index (χ0n) is 15.3. The quantitative estimate of drug-likeness (QED) is 0.837. The summed E-state index contributed by atoms with van der Waals surface area (Å²) in [5.74, 6) is 1.02. The van der Waals surface area contributed by atoms with Crippen LogP contribution in [0, 0.1) is 5.92 Å². The monoisotopic (exact) mass is 391 g/mol. The lowest BCUT2D eigenvalue weighted by Gasteiger charge is -2.21. The second-order valence-electron chi connectivity index (χ2n) is 7.20. The second kappa shape index (κ2) is 7.04. The summed E-state index contributed by atoms with van der Waals surface area (Å²) in [5.41, 5.74) is 0.995. The molecule has 148 valence electrons. The molecule has 1 aliphatic heterocycles. The maximum Gasteiger partial charge on any atom is 0.416 e. The highest BCUT2D eigenvalue weighted by molar-refractivity contribution is 5.83. The van der Waals surface area contributed by atoms with Gasteiger partial charge in [0.05, 0.1) is 11.6 Å². The van der Waals surface area contributed by atoms with Crippen molar-refractivity contribution < 1.29 is 27.4 Å². The number of rotatable bonds is 4. The van der Waals surface area contributed by atoms with Gasteiger partial charge in [0.25, 0.3) is 0 Å². The number of hydrogen-bond acceptors (Lipinski definition) is 3. The average Bonchev–Trinajstić information content (AvgIpc) is 3.48. The number of halogens is 3. The Labute approximate surface area is 160 Å². The minimum absolute atomic E-state index is 0.0326. The van der Waals surface area contributed by atoms with E-state index >= 15 is 0 Å². The van der Waals surface area contributed by atoms with Gasteiger partial charge in [-0.25, -0.2) is 0 Å². The van der Waals surface area contributed by atoms with Crippen LogP contribution in [0.15, 0.2) is 42.5 Å². The molecular formula is C21H20F3NO3. The Morgan fingerprint density at radius 1 is 1.07 bits per heavy atom. The minimum atomic E-state index is -4.35. The van der Waals surface area contributed by atoms with Gasteiger partial charge in [-0.2, -0.15) is 13.2 Å². The van der Waals surface area contributed by atoms with Crippen LogP contribution in [0.5, 0.6) is 11.5 Å². The molecule has 1 heterocycles. The molecule has 0 bridgehead atoms. The van der Waals surface area contributed by atoms with Gasteiger partial charge in [-0.05, 0) is 54.7 Å². The van der Waals surface area contributed by atoms with Crippen LogP contribution in [0.1, 0.15) is 42.0 Å². The van der Waals surface area contributed by atoms with Crippen LogP contribution in [0.4, 0.5) is 13.2 Å². The van der Waals surface area contributed by atoms with Crippen molar-refractivity contribution in [1.82, 2.24) is 5.32 Å². The van der Waals surface area contributed by atoms with E-state index in [0.717, 1.165) is 23.3 Å². The number of benzene rings is 2. The fourth-order valence-electron chi connectivity index (χ4n) is 3.51. The van der Waals surface area contributed by atoms with E-state index in [1.807, 2.05) is 25.1 Å². The van der Waals surface area contributed by atoms with Crippen molar-refractivity contribution in [2.45, 2.75) is 31.5 Å². The van der Waals surface area contributed by atoms with Crippen molar-refractivity contribution in [3.05, 3.63) is 59.2 Å². The molecule has 0 aromatic heterocycles. The zero-order valence-corrected chi connectivity index (χ0v) is 15.3. The number of carbonyl (C=O) groups excluding carboxylic acids is 1. The zero-order chi connectivity index (χ0) is 19.9. The van der Waals surface area contributed by atoms with Gasteiger partial charge in [0, 0.05) is 5.92 Å². The molecule has 0 saturated heterocycles. The first-order valence-electron chi connectivity index (χ1n) is 9.20. The smallest absolute Gasteiger partial charge is 0.416 e. The molecule has 1 aliphatic carbocycles. The number of carbonyl (C=O) groups is 1. The van der Waals surface area contributed by atoms with Gasteiger partial charge in [0.1, 0.15) is 13.2 Å².